The monoisotopic (exact) mass is 194 g/mol. The van der Waals surface area contributed by atoms with Crippen molar-refractivity contribution in [3.05, 3.63) is 29.3 Å². The van der Waals surface area contributed by atoms with Gasteiger partial charge in [-0.3, -0.25) is 4.79 Å². The van der Waals surface area contributed by atoms with Gasteiger partial charge in [0.2, 0.25) is 5.91 Å². The Bertz CT molecular complexity index is 337. The van der Waals surface area contributed by atoms with Crippen LogP contribution in [0.1, 0.15) is 18.1 Å². The minimum atomic E-state index is -0.121. The van der Waals surface area contributed by atoms with Crippen LogP contribution in [0.25, 0.3) is 0 Å². The van der Waals surface area contributed by atoms with Gasteiger partial charge in [-0.05, 0) is 23.3 Å². The standard InChI is InChI=1S/C10H14N2O2/c1-7(14)12-10-3-2-8(6-13)9(4-10)5-11/h2-4,13H,5-6,11H2,1H3,(H,12,14). The van der Waals surface area contributed by atoms with Gasteiger partial charge < -0.3 is 16.2 Å². The molecule has 1 aromatic carbocycles. The van der Waals surface area contributed by atoms with Crippen LogP contribution in [0.4, 0.5) is 5.69 Å². The average Bonchev–Trinajstić information content (AvgIpc) is 2.16. The molecule has 76 valence electrons. The number of carbonyl (C=O) groups excluding carboxylic acids is 1. The third-order valence-corrected chi connectivity index (χ3v) is 1.92. The SMILES string of the molecule is CC(=O)Nc1ccc(CO)c(CN)c1. The normalized spacial score (nSPS) is 9.93. The average molecular weight is 194 g/mol. The van der Waals surface area contributed by atoms with E-state index in [-0.39, 0.29) is 12.5 Å². The van der Waals surface area contributed by atoms with Crippen LogP contribution in [-0.2, 0) is 17.9 Å². The zero-order valence-corrected chi connectivity index (χ0v) is 8.08. The lowest BCUT2D eigenvalue weighted by molar-refractivity contribution is -0.114. The van der Waals surface area contributed by atoms with E-state index in [2.05, 4.69) is 5.32 Å². The molecule has 0 bridgehead atoms. The molecule has 0 radical (unpaired) electrons. The number of rotatable bonds is 3. The zero-order valence-electron chi connectivity index (χ0n) is 8.08. The van der Waals surface area contributed by atoms with Crippen LogP contribution in [-0.4, -0.2) is 11.0 Å². The number of amides is 1. The van der Waals surface area contributed by atoms with E-state index in [9.17, 15) is 4.79 Å². The third kappa shape index (κ3) is 2.55. The molecule has 0 aliphatic rings. The van der Waals surface area contributed by atoms with E-state index in [4.69, 9.17) is 10.8 Å². The van der Waals surface area contributed by atoms with E-state index in [1.165, 1.54) is 6.92 Å². The lowest BCUT2D eigenvalue weighted by Gasteiger charge is -2.08. The Hall–Kier alpha value is -1.39. The maximum absolute atomic E-state index is 10.8. The predicted molar refractivity (Wildman–Crippen MR) is 54.6 cm³/mol. The molecular weight excluding hydrogens is 180 g/mol. The molecule has 4 N–H and O–H groups in total. The van der Waals surface area contributed by atoms with Gasteiger partial charge in [-0.25, -0.2) is 0 Å². The molecule has 0 aromatic heterocycles. The molecule has 0 aliphatic carbocycles. The van der Waals surface area contributed by atoms with Crippen molar-refractivity contribution in [2.45, 2.75) is 20.1 Å². The van der Waals surface area contributed by atoms with E-state index in [1.807, 2.05) is 0 Å². The first-order valence-electron chi connectivity index (χ1n) is 4.37. The van der Waals surface area contributed by atoms with Gasteiger partial charge in [0.1, 0.15) is 0 Å². The summed E-state index contributed by atoms with van der Waals surface area (Å²) in [6, 6.07) is 5.27. The Kier molecular flexibility index (Phi) is 3.62. The summed E-state index contributed by atoms with van der Waals surface area (Å²) in [6.45, 7) is 1.76. The molecule has 4 nitrogen and oxygen atoms in total. The molecule has 0 unspecified atom stereocenters. The topological polar surface area (TPSA) is 75.3 Å². The number of aliphatic hydroxyl groups excluding tert-OH is 1. The maximum atomic E-state index is 10.8. The first-order valence-corrected chi connectivity index (χ1v) is 4.37. The van der Waals surface area contributed by atoms with Crippen molar-refractivity contribution in [1.29, 1.82) is 0 Å². The highest BCUT2D eigenvalue weighted by Gasteiger charge is 2.02. The second-order valence-corrected chi connectivity index (χ2v) is 3.03. The fourth-order valence-corrected chi connectivity index (χ4v) is 1.25. The highest BCUT2D eigenvalue weighted by molar-refractivity contribution is 5.88. The van der Waals surface area contributed by atoms with E-state index in [1.54, 1.807) is 18.2 Å². The third-order valence-electron chi connectivity index (χ3n) is 1.92. The second kappa shape index (κ2) is 4.74. The largest absolute Gasteiger partial charge is 0.392 e. The predicted octanol–water partition coefficient (Wildman–Crippen LogP) is 0.596. The molecule has 1 aromatic rings. The summed E-state index contributed by atoms with van der Waals surface area (Å²) in [5.41, 5.74) is 7.85. The van der Waals surface area contributed by atoms with Gasteiger partial charge in [-0.1, -0.05) is 6.07 Å². The van der Waals surface area contributed by atoms with Crippen molar-refractivity contribution in [3.63, 3.8) is 0 Å². The van der Waals surface area contributed by atoms with Gasteiger partial charge in [-0.15, -0.1) is 0 Å². The quantitative estimate of drug-likeness (QED) is 0.659. The molecule has 1 amide bonds. The van der Waals surface area contributed by atoms with Crippen LogP contribution in [0, 0.1) is 0 Å². The van der Waals surface area contributed by atoms with Gasteiger partial charge in [0.15, 0.2) is 0 Å². The molecule has 0 aliphatic heterocycles. The van der Waals surface area contributed by atoms with Crippen molar-refractivity contribution in [1.82, 2.24) is 0 Å². The summed E-state index contributed by atoms with van der Waals surface area (Å²) >= 11 is 0. The van der Waals surface area contributed by atoms with Crippen LogP contribution >= 0.6 is 0 Å². The number of hydrogen-bond acceptors (Lipinski definition) is 3. The molecule has 1 rings (SSSR count). The Balaban J connectivity index is 2.95. The van der Waals surface area contributed by atoms with E-state index >= 15 is 0 Å². The van der Waals surface area contributed by atoms with Crippen LogP contribution in [0.2, 0.25) is 0 Å². The van der Waals surface area contributed by atoms with Crippen molar-refractivity contribution in [2.24, 2.45) is 5.73 Å². The van der Waals surface area contributed by atoms with E-state index in [0.717, 1.165) is 11.1 Å². The Morgan fingerprint density at radius 3 is 2.71 bits per heavy atom. The number of nitrogens with two attached hydrogens (primary N) is 1. The number of aliphatic hydroxyl groups is 1. The van der Waals surface area contributed by atoms with Crippen LogP contribution < -0.4 is 11.1 Å². The molecule has 0 spiro atoms. The van der Waals surface area contributed by atoms with Gasteiger partial charge >= 0.3 is 0 Å². The maximum Gasteiger partial charge on any atom is 0.221 e. The number of anilines is 1. The minimum absolute atomic E-state index is 0.0348. The van der Waals surface area contributed by atoms with E-state index < -0.39 is 0 Å². The molecule has 14 heavy (non-hydrogen) atoms. The molecular formula is C10H14N2O2. The molecule has 0 atom stereocenters. The Labute approximate surface area is 82.7 Å². The second-order valence-electron chi connectivity index (χ2n) is 3.03. The van der Waals surface area contributed by atoms with Gasteiger partial charge in [0.25, 0.3) is 0 Å². The first-order chi connectivity index (χ1) is 6.67. The van der Waals surface area contributed by atoms with Crippen molar-refractivity contribution >= 4 is 11.6 Å². The van der Waals surface area contributed by atoms with Gasteiger partial charge in [0, 0.05) is 19.2 Å². The zero-order chi connectivity index (χ0) is 10.6. The molecule has 4 heteroatoms. The summed E-state index contributed by atoms with van der Waals surface area (Å²) in [7, 11) is 0. The number of nitrogens with one attached hydrogen (secondary N) is 1. The summed E-state index contributed by atoms with van der Waals surface area (Å²) in [4.78, 5) is 10.8. The first kappa shape index (κ1) is 10.7. The van der Waals surface area contributed by atoms with Gasteiger partial charge in [-0.2, -0.15) is 0 Å². The lowest BCUT2D eigenvalue weighted by Crippen LogP contribution is -2.08. The molecule has 0 fully saturated rings. The summed E-state index contributed by atoms with van der Waals surface area (Å²) in [5.74, 6) is -0.121. The number of carbonyl (C=O) groups is 1. The molecule has 0 heterocycles. The lowest BCUT2D eigenvalue weighted by atomic mass is 10.1. The fraction of sp³-hybridized carbons (Fsp3) is 0.300. The van der Waals surface area contributed by atoms with Crippen LogP contribution in [0.5, 0.6) is 0 Å². The summed E-state index contributed by atoms with van der Waals surface area (Å²) in [5, 5.41) is 11.6. The summed E-state index contributed by atoms with van der Waals surface area (Å²) < 4.78 is 0. The highest BCUT2D eigenvalue weighted by atomic mass is 16.3. The van der Waals surface area contributed by atoms with Crippen LogP contribution in [0.15, 0.2) is 18.2 Å². The Morgan fingerprint density at radius 2 is 2.21 bits per heavy atom. The van der Waals surface area contributed by atoms with Crippen molar-refractivity contribution < 1.29 is 9.90 Å². The van der Waals surface area contributed by atoms with Crippen LogP contribution in [0.3, 0.4) is 0 Å². The Morgan fingerprint density at radius 1 is 1.50 bits per heavy atom. The smallest absolute Gasteiger partial charge is 0.221 e. The fourth-order valence-electron chi connectivity index (χ4n) is 1.25. The minimum Gasteiger partial charge on any atom is -0.392 e. The molecule has 0 saturated carbocycles. The molecule has 0 saturated heterocycles. The number of hydrogen-bond donors (Lipinski definition) is 3. The highest BCUT2D eigenvalue weighted by Crippen LogP contribution is 2.15. The van der Waals surface area contributed by atoms with E-state index in [0.29, 0.717) is 12.2 Å². The van der Waals surface area contributed by atoms with Gasteiger partial charge in [0.05, 0.1) is 6.61 Å². The number of benzene rings is 1. The summed E-state index contributed by atoms with van der Waals surface area (Å²) in [6.07, 6.45) is 0. The van der Waals surface area contributed by atoms with Crippen molar-refractivity contribution in [3.8, 4) is 0 Å². The van der Waals surface area contributed by atoms with Crippen molar-refractivity contribution in [2.75, 3.05) is 5.32 Å².